The third-order valence-electron chi connectivity index (χ3n) is 5.20. The summed E-state index contributed by atoms with van der Waals surface area (Å²) in [6.07, 6.45) is 0.0325. The number of hydrogen-bond acceptors (Lipinski definition) is 8. The minimum atomic E-state index is -3.58. The van der Waals surface area contributed by atoms with E-state index in [1.165, 1.54) is 37.4 Å². The fourth-order valence-electron chi connectivity index (χ4n) is 3.40. The van der Waals surface area contributed by atoms with Gasteiger partial charge in [0.2, 0.25) is 10.0 Å². The number of carboxylic acids is 1. The third-order valence-corrected chi connectivity index (χ3v) is 5.79. The summed E-state index contributed by atoms with van der Waals surface area (Å²) in [5.41, 5.74) is 2.31. The third kappa shape index (κ3) is 7.35. The summed E-state index contributed by atoms with van der Waals surface area (Å²) in [4.78, 5) is 11.0. The number of carbonyl (C=O) groups is 1. The van der Waals surface area contributed by atoms with Gasteiger partial charge in [-0.3, -0.25) is 4.72 Å². The number of nitrogens with one attached hydrogen (secondary N) is 2. The van der Waals surface area contributed by atoms with Gasteiger partial charge in [0.05, 0.1) is 30.7 Å². The number of rotatable bonds is 12. The Morgan fingerprint density at radius 1 is 1.00 bits per heavy atom. The zero-order chi connectivity index (χ0) is 26.3. The number of aromatic carboxylic acids is 1. The smallest absolute Gasteiger partial charge is 0.335 e. The van der Waals surface area contributed by atoms with Gasteiger partial charge in [-0.15, -0.1) is 0 Å². The standard InChI is InChI=1S/C25H28N2O8S/c1-34-24-14-18(16-3-5-17(6-4-16)25(30)31)8-10-23(24)35-12-11-26-15-22(29)19-7-9-21(28)20(13-19)27-36(2,32)33/h3-10,13-14,22,26-29H,11-12,15H2,1-2H3,(H,30,31). The molecule has 11 heteroatoms. The van der Waals surface area contributed by atoms with Gasteiger partial charge in [-0.1, -0.05) is 24.3 Å². The average Bonchev–Trinajstić information content (AvgIpc) is 2.84. The van der Waals surface area contributed by atoms with Crippen LogP contribution in [0.3, 0.4) is 0 Å². The quantitative estimate of drug-likeness (QED) is 0.181. The molecule has 192 valence electrons. The first-order chi connectivity index (χ1) is 17.1. The van der Waals surface area contributed by atoms with Gasteiger partial charge < -0.3 is 30.1 Å². The van der Waals surface area contributed by atoms with E-state index in [2.05, 4.69) is 10.0 Å². The Hall–Kier alpha value is -3.80. The van der Waals surface area contributed by atoms with Crippen LogP contribution < -0.4 is 19.5 Å². The molecule has 1 unspecified atom stereocenters. The van der Waals surface area contributed by atoms with Gasteiger partial charge in [-0.05, 0) is 53.1 Å². The molecule has 3 aromatic carbocycles. The molecule has 0 fully saturated rings. The van der Waals surface area contributed by atoms with Crippen molar-refractivity contribution in [3.63, 3.8) is 0 Å². The Balaban J connectivity index is 1.53. The monoisotopic (exact) mass is 516 g/mol. The first kappa shape index (κ1) is 26.8. The van der Waals surface area contributed by atoms with Crippen LogP contribution >= 0.6 is 0 Å². The first-order valence-electron chi connectivity index (χ1n) is 10.9. The van der Waals surface area contributed by atoms with Crippen molar-refractivity contribution in [2.45, 2.75) is 6.10 Å². The Kier molecular flexibility index (Phi) is 8.75. The van der Waals surface area contributed by atoms with E-state index in [4.69, 9.17) is 14.6 Å². The number of anilines is 1. The highest BCUT2D eigenvalue weighted by atomic mass is 32.2. The highest BCUT2D eigenvalue weighted by molar-refractivity contribution is 7.92. The van der Waals surface area contributed by atoms with E-state index in [-0.39, 0.29) is 30.2 Å². The van der Waals surface area contributed by atoms with Crippen molar-refractivity contribution in [1.29, 1.82) is 0 Å². The molecule has 0 heterocycles. The predicted molar refractivity (Wildman–Crippen MR) is 135 cm³/mol. The predicted octanol–water partition coefficient (Wildman–Crippen LogP) is 2.84. The van der Waals surface area contributed by atoms with E-state index in [9.17, 15) is 23.4 Å². The van der Waals surface area contributed by atoms with Crippen LogP contribution in [0.5, 0.6) is 17.2 Å². The molecule has 0 aromatic heterocycles. The summed E-state index contributed by atoms with van der Waals surface area (Å²) in [5, 5.41) is 32.3. The molecule has 3 rings (SSSR count). The Bertz CT molecular complexity index is 1310. The molecule has 0 bridgehead atoms. The molecular formula is C25H28N2O8S. The van der Waals surface area contributed by atoms with Crippen molar-refractivity contribution in [3.05, 3.63) is 71.8 Å². The molecule has 0 saturated heterocycles. The van der Waals surface area contributed by atoms with Gasteiger partial charge in [-0.25, -0.2) is 13.2 Å². The second-order valence-corrected chi connectivity index (χ2v) is 9.72. The molecule has 0 radical (unpaired) electrons. The maximum Gasteiger partial charge on any atom is 0.335 e. The van der Waals surface area contributed by atoms with E-state index < -0.39 is 22.1 Å². The van der Waals surface area contributed by atoms with Crippen LogP contribution in [0.4, 0.5) is 5.69 Å². The van der Waals surface area contributed by atoms with Crippen LogP contribution in [0.1, 0.15) is 22.0 Å². The van der Waals surface area contributed by atoms with Crippen molar-refractivity contribution in [1.82, 2.24) is 5.32 Å². The summed E-state index contributed by atoms with van der Waals surface area (Å²) in [6.45, 7) is 0.867. The molecule has 0 amide bonds. The molecule has 5 N–H and O–H groups in total. The zero-order valence-electron chi connectivity index (χ0n) is 19.8. The van der Waals surface area contributed by atoms with E-state index in [0.29, 0.717) is 23.6 Å². The second kappa shape index (κ2) is 11.8. The van der Waals surface area contributed by atoms with Crippen LogP contribution in [0.2, 0.25) is 0 Å². The lowest BCUT2D eigenvalue weighted by Crippen LogP contribution is -2.26. The van der Waals surface area contributed by atoms with E-state index in [0.717, 1.165) is 17.4 Å². The number of phenolic OH excluding ortho intramolecular Hbond substituents is 1. The van der Waals surface area contributed by atoms with Crippen molar-refractivity contribution >= 4 is 21.7 Å². The molecule has 0 saturated carbocycles. The number of hydrogen-bond donors (Lipinski definition) is 5. The number of methoxy groups -OCH3 is 1. The van der Waals surface area contributed by atoms with Gasteiger partial charge in [0.15, 0.2) is 11.5 Å². The van der Waals surface area contributed by atoms with Gasteiger partial charge in [-0.2, -0.15) is 0 Å². The number of benzene rings is 3. The Labute approximate surface area is 209 Å². The van der Waals surface area contributed by atoms with E-state index >= 15 is 0 Å². The maximum atomic E-state index is 11.4. The van der Waals surface area contributed by atoms with E-state index in [1.54, 1.807) is 24.3 Å². The van der Waals surface area contributed by atoms with E-state index in [1.807, 2.05) is 6.07 Å². The number of aromatic hydroxyl groups is 1. The molecule has 36 heavy (non-hydrogen) atoms. The summed E-state index contributed by atoms with van der Waals surface area (Å²) in [7, 11) is -2.05. The fraction of sp³-hybridized carbons (Fsp3) is 0.240. The second-order valence-electron chi connectivity index (χ2n) is 7.97. The average molecular weight is 517 g/mol. The van der Waals surface area contributed by atoms with Crippen LogP contribution in [-0.4, -0.2) is 62.8 Å². The molecule has 0 aliphatic heterocycles. The van der Waals surface area contributed by atoms with Crippen LogP contribution in [0, 0.1) is 0 Å². The molecule has 0 aliphatic carbocycles. The summed E-state index contributed by atoms with van der Waals surface area (Å²) in [6, 6.07) is 16.1. The van der Waals surface area contributed by atoms with Gasteiger partial charge >= 0.3 is 5.97 Å². The molecule has 10 nitrogen and oxygen atoms in total. The van der Waals surface area contributed by atoms with Gasteiger partial charge in [0.1, 0.15) is 12.4 Å². The first-order valence-corrected chi connectivity index (χ1v) is 12.8. The largest absolute Gasteiger partial charge is 0.506 e. The maximum absolute atomic E-state index is 11.4. The van der Waals surface area contributed by atoms with Crippen molar-refractivity contribution in [2.75, 3.05) is 37.8 Å². The van der Waals surface area contributed by atoms with Crippen LogP contribution in [0.25, 0.3) is 11.1 Å². The lowest BCUT2D eigenvalue weighted by Gasteiger charge is -2.16. The molecule has 0 spiro atoms. The zero-order valence-corrected chi connectivity index (χ0v) is 20.6. The van der Waals surface area contributed by atoms with Crippen molar-refractivity contribution < 1.29 is 38.0 Å². The van der Waals surface area contributed by atoms with Gasteiger partial charge in [0.25, 0.3) is 0 Å². The van der Waals surface area contributed by atoms with Crippen molar-refractivity contribution in [3.8, 4) is 28.4 Å². The lowest BCUT2D eigenvalue weighted by atomic mass is 10.0. The molecule has 1 atom stereocenters. The number of sulfonamides is 1. The highest BCUT2D eigenvalue weighted by Gasteiger charge is 2.13. The molecular weight excluding hydrogens is 488 g/mol. The van der Waals surface area contributed by atoms with Crippen molar-refractivity contribution in [2.24, 2.45) is 0 Å². The molecule has 3 aromatic rings. The number of aliphatic hydroxyl groups is 1. The Morgan fingerprint density at radius 2 is 1.69 bits per heavy atom. The number of phenols is 1. The lowest BCUT2D eigenvalue weighted by molar-refractivity contribution is 0.0697. The van der Waals surface area contributed by atoms with Crippen LogP contribution in [-0.2, 0) is 10.0 Å². The van der Waals surface area contributed by atoms with Gasteiger partial charge in [0, 0.05) is 13.1 Å². The molecule has 0 aliphatic rings. The summed E-state index contributed by atoms with van der Waals surface area (Å²) in [5.74, 6) is -0.179. The number of carboxylic acid groups (broad SMARTS) is 1. The fourth-order valence-corrected chi connectivity index (χ4v) is 3.97. The SMILES string of the molecule is COc1cc(-c2ccc(C(=O)O)cc2)ccc1OCCNCC(O)c1ccc(O)c(NS(C)(=O)=O)c1. The normalized spacial score (nSPS) is 12.1. The summed E-state index contributed by atoms with van der Waals surface area (Å²) >= 11 is 0. The number of aliphatic hydroxyl groups excluding tert-OH is 1. The topological polar surface area (TPSA) is 154 Å². The number of ether oxygens (including phenoxy) is 2. The minimum absolute atomic E-state index is 0.00856. The summed E-state index contributed by atoms with van der Waals surface area (Å²) < 4.78 is 36.3. The highest BCUT2D eigenvalue weighted by Crippen LogP contribution is 2.33. The Morgan fingerprint density at radius 3 is 2.33 bits per heavy atom. The minimum Gasteiger partial charge on any atom is -0.506 e. The van der Waals surface area contributed by atoms with Crippen LogP contribution in [0.15, 0.2) is 60.7 Å².